The number of unbranched alkanes of at least 4 members (excludes halogenated alkanes) is 1. The second-order valence-corrected chi connectivity index (χ2v) is 12.6. The molecule has 1 heterocycles. The predicted octanol–water partition coefficient (Wildman–Crippen LogP) is -1.15. The number of hydrogen-bond acceptors (Lipinski definition) is 16. The summed E-state index contributed by atoms with van der Waals surface area (Å²) in [5.74, 6) is -3.10. The molecule has 1 aliphatic heterocycles. The first-order valence-corrected chi connectivity index (χ1v) is 20.0. The molecule has 0 spiro atoms. The van der Waals surface area contributed by atoms with Crippen molar-refractivity contribution in [1.29, 1.82) is 0 Å². The smallest absolute Gasteiger partial charge is 0.305 e. The number of carbonyl (C=O) groups excluding carboxylic acids is 5. The van der Waals surface area contributed by atoms with Crippen LogP contribution in [0.15, 0.2) is 12.2 Å². The van der Waals surface area contributed by atoms with Gasteiger partial charge in [-0.05, 0) is 19.3 Å². The van der Waals surface area contributed by atoms with E-state index < -0.39 is 35.6 Å². The molecule has 1 unspecified atom stereocenters. The maximum absolute atomic E-state index is 12.9. The number of nitrogens with zero attached hydrogens (tertiary/aromatic N) is 1. The van der Waals surface area contributed by atoms with Crippen molar-refractivity contribution < 1.29 is 81.2 Å². The summed E-state index contributed by atoms with van der Waals surface area (Å²) in [4.78, 5) is 72.8. The number of ether oxygens (including phenoxy) is 10. The Labute approximate surface area is 346 Å². The molecule has 5 amide bonds. The lowest BCUT2D eigenvalue weighted by atomic mass is 10.1. The summed E-state index contributed by atoms with van der Waals surface area (Å²) >= 11 is 0. The highest BCUT2D eigenvalue weighted by molar-refractivity contribution is 6.13. The third-order valence-corrected chi connectivity index (χ3v) is 7.87. The Bertz CT molecular complexity index is 1160. The molecular weight excluding hydrogens is 784 g/mol. The van der Waals surface area contributed by atoms with Crippen molar-refractivity contribution in [2.45, 2.75) is 44.6 Å². The molecule has 1 atom stereocenters. The SMILES string of the molecule is COCCOCCOCCOCCOCCOCCOCCOCCC(=O)NCCCCC(NC(=O)CCN1C(=O)C=CC1=O)C(=O)NCCOCCOCCC(=O)O. The summed E-state index contributed by atoms with van der Waals surface area (Å²) in [6.07, 6.45) is 3.46. The van der Waals surface area contributed by atoms with Crippen LogP contribution < -0.4 is 16.0 Å². The third-order valence-electron chi connectivity index (χ3n) is 7.87. The number of carbonyl (C=O) groups is 6. The average molecular weight is 851 g/mol. The van der Waals surface area contributed by atoms with Crippen LogP contribution in [0.1, 0.15) is 38.5 Å². The van der Waals surface area contributed by atoms with E-state index >= 15 is 0 Å². The van der Waals surface area contributed by atoms with Crippen molar-refractivity contribution in [3.8, 4) is 0 Å². The molecule has 4 N–H and O–H groups in total. The molecule has 1 rings (SSSR count). The fourth-order valence-corrected chi connectivity index (χ4v) is 4.77. The topological polar surface area (TPSA) is 254 Å². The van der Waals surface area contributed by atoms with E-state index in [1.54, 1.807) is 7.11 Å². The number of rotatable bonds is 43. The minimum Gasteiger partial charge on any atom is -0.481 e. The van der Waals surface area contributed by atoms with Gasteiger partial charge in [0, 0.05) is 51.7 Å². The van der Waals surface area contributed by atoms with Crippen molar-refractivity contribution in [3.05, 3.63) is 12.2 Å². The highest BCUT2D eigenvalue weighted by Gasteiger charge is 2.25. The number of imide groups is 1. The molecule has 59 heavy (non-hydrogen) atoms. The van der Waals surface area contributed by atoms with E-state index in [9.17, 15) is 28.8 Å². The number of methoxy groups -OCH3 is 1. The first-order valence-electron chi connectivity index (χ1n) is 20.0. The zero-order chi connectivity index (χ0) is 43.0. The van der Waals surface area contributed by atoms with E-state index in [0.29, 0.717) is 112 Å². The van der Waals surface area contributed by atoms with Crippen LogP contribution >= 0.6 is 0 Å². The van der Waals surface area contributed by atoms with Crippen molar-refractivity contribution in [1.82, 2.24) is 20.9 Å². The van der Waals surface area contributed by atoms with E-state index in [4.69, 9.17) is 52.5 Å². The van der Waals surface area contributed by atoms with E-state index in [1.807, 2.05) is 0 Å². The average Bonchev–Trinajstić information content (AvgIpc) is 3.54. The number of hydrogen-bond donors (Lipinski definition) is 4. The largest absolute Gasteiger partial charge is 0.481 e. The zero-order valence-electron chi connectivity index (χ0n) is 34.5. The molecule has 0 aromatic rings. The molecule has 21 nitrogen and oxygen atoms in total. The van der Waals surface area contributed by atoms with E-state index in [1.165, 1.54) is 0 Å². The van der Waals surface area contributed by atoms with E-state index in [0.717, 1.165) is 17.1 Å². The maximum Gasteiger partial charge on any atom is 0.305 e. The number of carboxylic acids is 1. The van der Waals surface area contributed by atoms with Gasteiger partial charge in [0.15, 0.2) is 0 Å². The Kier molecular flexibility index (Phi) is 34.9. The van der Waals surface area contributed by atoms with Crippen molar-refractivity contribution in [2.75, 3.05) is 152 Å². The Balaban J connectivity index is 2.08. The van der Waals surface area contributed by atoms with Gasteiger partial charge in [-0.1, -0.05) is 0 Å². The highest BCUT2D eigenvalue weighted by atomic mass is 16.6. The lowest BCUT2D eigenvalue weighted by Crippen LogP contribution is -2.48. The Hall–Kier alpha value is -3.64. The van der Waals surface area contributed by atoms with Crippen LogP contribution in [0.5, 0.6) is 0 Å². The quantitative estimate of drug-likeness (QED) is 0.0417. The van der Waals surface area contributed by atoms with Gasteiger partial charge < -0.3 is 68.4 Å². The lowest BCUT2D eigenvalue weighted by Gasteiger charge is -2.20. The molecule has 0 saturated heterocycles. The Morgan fingerprint density at radius 1 is 0.542 bits per heavy atom. The second kappa shape index (κ2) is 38.6. The minimum atomic E-state index is -0.957. The monoisotopic (exact) mass is 850 g/mol. The van der Waals surface area contributed by atoms with Crippen molar-refractivity contribution in [2.24, 2.45) is 0 Å². The minimum absolute atomic E-state index is 0.0721. The normalized spacial score (nSPS) is 12.9. The van der Waals surface area contributed by atoms with Gasteiger partial charge in [0.25, 0.3) is 11.8 Å². The van der Waals surface area contributed by atoms with Crippen LogP contribution in [0.25, 0.3) is 0 Å². The predicted molar refractivity (Wildman–Crippen MR) is 208 cm³/mol. The summed E-state index contributed by atoms with van der Waals surface area (Å²) in [5, 5.41) is 16.8. The van der Waals surface area contributed by atoms with Crippen LogP contribution in [0, 0.1) is 0 Å². The molecule has 0 saturated carbocycles. The number of carboxylic acid groups (broad SMARTS) is 1. The van der Waals surface area contributed by atoms with Crippen LogP contribution in [0.3, 0.4) is 0 Å². The Morgan fingerprint density at radius 3 is 1.46 bits per heavy atom. The Morgan fingerprint density at radius 2 is 0.983 bits per heavy atom. The van der Waals surface area contributed by atoms with E-state index in [-0.39, 0.29) is 77.7 Å². The van der Waals surface area contributed by atoms with Crippen LogP contribution in [0.4, 0.5) is 0 Å². The number of amides is 5. The molecule has 0 fully saturated rings. The van der Waals surface area contributed by atoms with Gasteiger partial charge in [-0.3, -0.25) is 33.7 Å². The summed E-state index contributed by atoms with van der Waals surface area (Å²) in [7, 11) is 1.63. The van der Waals surface area contributed by atoms with Gasteiger partial charge in [0.1, 0.15) is 6.04 Å². The number of nitrogens with one attached hydrogen (secondary N) is 3. The van der Waals surface area contributed by atoms with Gasteiger partial charge in [0.2, 0.25) is 17.7 Å². The highest BCUT2D eigenvalue weighted by Crippen LogP contribution is 2.06. The van der Waals surface area contributed by atoms with Crippen molar-refractivity contribution in [3.63, 3.8) is 0 Å². The van der Waals surface area contributed by atoms with E-state index in [2.05, 4.69) is 16.0 Å². The van der Waals surface area contributed by atoms with Gasteiger partial charge >= 0.3 is 5.97 Å². The summed E-state index contributed by atoms with van der Waals surface area (Å²) in [6, 6.07) is -0.896. The molecule has 0 aliphatic carbocycles. The van der Waals surface area contributed by atoms with Gasteiger partial charge in [-0.25, -0.2) is 0 Å². The molecule has 21 heteroatoms. The number of aliphatic carboxylic acids is 1. The summed E-state index contributed by atoms with van der Waals surface area (Å²) in [5.41, 5.74) is 0. The molecule has 0 bridgehead atoms. The van der Waals surface area contributed by atoms with Crippen LogP contribution in [-0.2, 0) is 76.1 Å². The van der Waals surface area contributed by atoms with Crippen molar-refractivity contribution >= 4 is 35.5 Å². The van der Waals surface area contributed by atoms with Gasteiger partial charge in [0.05, 0.1) is 132 Å². The van der Waals surface area contributed by atoms with Crippen LogP contribution in [-0.4, -0.2) is 204 Å². The summed E-state index contributed by atoms with van der Waals surface area (Å²) < 4.78 is 53.4. The fraction of sp³-hybridized carbons (Fsp3) is 0.789. The molecule has 0 aromatic carbocycles. The van der Waals surface area contributed by atoms with Gasteiger partial charge in [-0.2, -0.15) is 0 Å². The zero-order valence-corrected chi connectivity index (χ0v) is 34.5. The standard InChI is InChI=1S/C38H66N4O17/c1-50-16-17-54-22-23-56-26-27-58-30-31-59-29-28-57-25-24-55-21-19-51-13-8-33(43)39-10-3-2-4-32(41-34(44)7-12-42-35(45)5-6-36(42)46)38(49)40-11-15-53-20-18-52-14-9-37(47)48/h5-6,32H,2-4,7-31H2,1H3,(H,39,43)(H,40,49)(H,41,44)(H,47,48). The summed E-state index contributed by atoms with van der Waals surface area (Å²) in [6.45, 7) is 7.74. The molecule has 0 aromatic heterocycles. The molecule has 0 radical (unpaired) electrons. The fourth-order valence-electron chi connectivity index (χ4n) is 4.77. The lowest BCUT2D eigenvalue weighted by molar-refractivity contribution is -0.139. The molecular formula is C38H66N4O17. The molecule has 1 aliphatic rings. The third kappa shape index (κ3) is 32.8. The molecule has 340 valence electrons. The first-order chi connectivity index (χ1) is 28.7. The van der Waals surface area contributed by atoms with Crippen LogP contribution in [0.2, 0.25) is 0 Å². The maximum atomic E-state index is 12.9. The second-order valence-electron chi connectivity index (χ2n) is 12.6. The first kappa shape index (κ1) is 53.4. The van der Waals surface area contributed by atoms with Gasteiger partial charge in [-0.15, -0.1) is 0 Å².